The highest BCUT2D eigenvalue weighted by Crippen LogP contribution is 2.32. The molecule has 0 aromatic carbocycles. The Morgan fingerprint density at radius 3 is 2.70 bits per heavy atom. The SMILES string of the molecule is CC1=C(CC(=O)N[C@@H](CO)CC2CCCCC2)C(=O)NC2CCNC(C)C12. The van der Waals surface area contributed by atoms with Gasteiger partial charge in [-0.2, -0.15) is 0 Å². The van der Waals surface area contributed by atoms with Crippen molar-refractivity contribution in [3.8, 4) is 0 Å². The first-order valence-corrected chi connectivity index (χ1v) is 10.6. The first-order valence-electron chi connectivity index (χ1n) is 10.6. The standard InChI is InChI=1S/C21H35N3O3/c1-13-17(21(27)24-18-8-9-22-14(2)20(13)18)11-19(26)23-16(12-25)10-15-6-4-3-5-7-15/h14-16,18,20,22,25H,3-12H2,1-2H3,(H,23,26)(H,24,27)/t14?,16-,18?,20?/m1/s1. The Bertz CT molecular complexity index is 583. The number of amides is 2. The van der Waals surface area contributed by atoms with E-state index < -0.39 is 0 Å². The predicted octanol–water partition coefficient (Wildman–Crippen LogP) is 1.64. The number of carbonyl (C=O) groups is 2. The summed E-state index contributed by atoms with van der Waals surface area (Å²) in [6, 6.07) is 0.243. The molecule has 2 aliphatic heterocycles. The highest BCUT2D eigenvalue weighted by molar-refractivity contribution is 6.00. The van der Waals surface area contributed by atoms with Crippen molar-refractivity contribution in [1.82, 2.24) is 16.0 Å². The van der Waals surface area contributed by atoms with Crippen molar-refractivity contribution in [3.05, 3.63) is 11.1 Å². The maximum atomic E-state index is 12.6. The van der Waals surface area contributed by atoms with E-state index in [2.05, 4.69) is 22.9 Å². The molecule has 0 spiro atoms. The topological polar surface area (TPSA) is 90.5 Å². The normalized spacial score (nSPS) is 30.5. The molecule has 2 heterocycles. The summed E-state index contributed by atoms with van der Waals surface area (Å²) in [4.78, 5) is 25.2. The molecule has 0 aromatic rings. The summed E-state index contributed by atoms with van der Waals surface area (Å²) >= 11 is 0. The van der Waals surface area contributed by atoms with E-state index in [-0.39, 0.29) is 42.8 Å². The van der Waals surface area contributed by atoms with Gasteiger partial charge in [-0.1, -0.05) is 37.7 Å². The number of nitrogens with one attached hydrogen (secondary N) is 3. The third-order valence-corrected chi connectivity index (χ3v) is 6.73. The van der Waals surface area contributed by atoms with Gasteiger partial charge < -0.3 is 21.1 Å². The smallest absolute Gasteiger partial charge is 0.247 e. The Kier molecular flexibility index (Phi) is 6.93. The number of carbonyl (C=O) groups excluding carboxylic acids is 2. The van der Waals surface area contributed by atoms with Gasteiger partial charge in [-0.25, -0.2) is 0 Å². The third-order valence-electron chi connectivity index (χ3n) is 6.73. The van der Waals surface area contributed by atoms with Crippen LogP contribution in [0.1, 0.15) is 65.2 Å². The molecule has 152 valence electrons. The molecule has 4 atom stereocenters. The lowest BCUT2D eigenvalue weighted by Crippen LogP contribution is -2.57. The van der Waals surface area contributed by atoms with Gasteiger partial charge >= 0.3 is 0 Å². The zero-order valence-electron chi connectivity index (χ0n) is 16.7. The minimum atomic E-state index is -0.212. The van der Waals surface area contributed by atoms with Crippen LogP contribution >= 0.6 is 0 Å². The van der Waals surface area contributed by atoms with Crippen LogP contribution in [0.3, 0.4) is 0 Å². The van der Waals surface area contributed by atoms with Gasteiger partial charge in [-0.15, -0.1) is 0 Å². The summed E-state index contributed by atoms with van der Waals surface area (Å²) in [6.45, 7) is 5.00. The van der Waals surface area contributed by atoms with Gasteiger partial charge in [0.15, 0.2) is 0 Å². The van der Waals surface area contributed by atoms with Crippen LogP contribution in [0.4, 0.5) is 0 Å². The van der Waals surface area contributed by atoms with Crippen LogP contribution in [0, 0.1) is 11.8 Å². The molecule has 2 fully saturated rings. The number of fused-ring (bicyclic) bond motifs is 1. The first kappa shape index (κ1) is 20.3. The van der Waals surface area contributed by atoms with Gasteiger partial charge in [0.1, 0.15) is 0 Å². The largest absolute Gasteiger partial charge is 0.394 e. The minimum Gasteiger partial charge on any atom is -0.394 e. The molecule has 1 saturated carbocycles. The molecule has 6 nitrogen and oxygen atoms in total. The Labute approximate surface area is 162 Å². The lowest BCUT2D eigenvalue weighted by atomic mass is 9.76. The fraction of sp³-hybridized carbons (Fsp3) is 0.810. The summed E-state index contributed by atoms with van der Waals surface area (Å²) in [7, 11) is 0. The van der Waals surface area contributed by atoms with Crippen LogP contribution in [0.15, 0.2) is 11.1 Å². The maximum absolute atomic E-state index is 12.6. The fourth-order valence-corrected chi connectivity index (χ4v) is 5.26. The van der Waals surface area contributed by atoms with E-state index in [0.29, 0.717) is 17.5 Å². The maximum Gasteiger partial charge on any atom is 0.247 e. The second-order valence-corrected chi connectivity index (χ2v) is 8.66. The Morgan fingerprint density at radius 2 is 2.00 bits per heavy atom. The van der Waals surface area contributed by atoms with Gasteiger partial charge in [0, 0.05) is 23.6 Å². The number of hydrogen-bond donors (Lipinski definition) is 4. The Morgan fingerprint density at radius 1 is 1.26 bits per heavy atom. The van der Waals surface area contributed by atoms with E-state index >= 15 is 0 Å². The zero-order chi connectivity index (χ0) is 19.4. The second kappa shape index (κ2) is 9.20. The number of hydrogen-bond acceptors (Lipinski definition) is 4. The first-order chi connectivity index (χ1) is 13.0. The molecule has 2 amide bonds. The van der Waals surface area contributed by atoms with Gasteiger partial charge in [0.2, 0.25) is 11.8 Å². The molecule has 0 aromatic heterocycles. The number of aliphatic hydroxyl groups excluding tert-OH is 1. The van der Waals surface area contributed by atoms with Gasteiger partial charge in [0.05, 0.1) is 19.1 Å². The van der Waals surface area contributed by atoms with Crippen molar-refractivity contribution in [2.45, 2.75) is 83.3 Å². The molecule has 4 N–H and O–H groups in total. The highest BCUT2D eigenvalue weighted by atomic mass is 16.3. The van der Waals surface area contributed by atoms with Gasteiger partial charge in [-0.05, 0) is 39.2 Å². The summed E-state index contributed by atoms with van der Waals surface area (Å²) in [5.74, 6) is 0.565. The lowest BCUT2D eigenvalue weighted by molar-refractivity contribution is -0.125. The molecule has 3 aliphatic rings. The van der Waals surface area contributed by atoms with E-state index in [1.165, 1.54) is 32.1 Å². The highest BCUT2D eigenvalue weighted by Gasteiger charge is 2.39. The van der Waals surface area contributed by atoms with Crippen molar-refractivity contribution in [2.75, 3.05) is 13.2 Å². The van der Waals surface area contributed by atoms with Crippen molar-refractivity contribution >= 4 is 11.8 Å². The van der Waals surface area contributed by atoms with Crippen LogP contribution in [0.25, 0.3) is 0 Å². The summed E-state index contributed by atoms with van der Waals surface area (Å²) < 4.78 is 0. The minimum absolute atomic E-state index is 0.0435. The van der Waals surface area contributed by atoms with E-state index in [1.54, 1.807) is 0 Å². The molecule has 6 heteroatoms. The number of aliphatic hydroxyl groups is 1. The molecule has 27 heavy (non-hydrogen) atoms. The third kappa shape index (κ3) is 4.91. The number of rotatable bonds is 6. The average molecular weight is 378 g/mol. The molecule has 0 radical (unpaired) electrons. The summed E-state index contributed by atoms with van der Waals surface area (Å²) in [5, 5.41) is 19.2. The van der Waals surface area contributed by atoms with Crippen molar-refractivity contribution < 1.29 is 14.7 Å². The predicted molar refractivity (Wildman–Crippen MR) is 105 cm³/mol. The van der Waals surface area contributed by atoms with Crippen LogP contribution in [0.2, 0.25) is 0 Å². The average Bonchev–Trinajstić information content (AvgIpc) is 2.65. The van der Waals surface area contributed by atoms with Crippen LogP contribution in [0.5, 0.6) is 0 Å². The summed E-state index contributed by atoms with van der Waals surface area (Å²) in [5.41, 5.74) is 1.63. The van der Waals surface area contributed by atoms with E-state index in [4.69, 9.17) is 0 Å². The van der Waals surface area contributed by atoms with E-state index in [9.17, 15) is 14.7 Å². The molecule has 1 aliphatic carbocycles. The van der Waals surface area contributed by atoms with Crippen LogP contribution in [-0.2, 0) is 9.59 Å². The lowest BCUT2D eigenvalue weighted by Gasteiger charge is -2.42. The Balaban J connectivity index is 1.61. The van der Waals surface area contributed by atoms with Crippen LogP contribution < -0.4 is 16.0 Å². The molecule has 0 bridgehead atoms. The molecule has 3 unspecified atom stereocenters. The molecule has 1 saturated heterocycles. The quantitative estimate of drug-likeness (QED) is 0.566. The summed E-state index contributed by atoms with van der Waals surface area (Å²) in [6.07, 6.45) is 8.01. The van der Waals surface area contributed by atoms with E-state index in [1.807, 2.05) is 6.92 Å². The van der Waals surface area contributed by atoms with Gasteiger partial charge in [-0.3, -0.25) is 9.59 Å². The van der Waals surface area contributed by atoms with Crippen molar-refractivity contribution in [1.29, 1.82) is 0 Å². The van der Waals surface area contributed by atoms with Crippen molar-refractivity contribution in [2.24, 2.45) is 11.8 Å². The van der Waals surface area contributed by atoms with Gasteiger partial charge in [0.25, 0.3) is 0 Å². The second-order valence-electron chi connectivity index (χ2n) is 8.66. The molecule has 3 rings (SSSR count). The molecular formula is C21H35N3O3. The number of piperidine rings is 1. The van der Waals surface area contributed by atoms with Crippen LogP contribution in [-0.4, -0.2) is 48.2 Å². The van der Waals surface area contributed by atoms with Crippen molar-refractivity contribution in [3.63, 3.8) is 0 Å². The zero-order valence-corrected chi connectivity index (χ0v) is 16.7. The molecular weight excluding hydrogens is 342 g/mol. The fourth-order valence-electron chi connectivity index (χ4n) is 5.26. The van der Waals surface area contributed by atoms with E-state index in [0.717, 1.165) is 25.0 Å². The monoisotopic (exact) mass is 377 g/mol. The Hall–Kier alpha value is -1.40.